The van der Waals surface area contributed by atoms with E-state index in [1.807, 2.05) is 6.07 Å². The molecule has 0 radical (unpaired) electrons. The first-order chi connectivity index (χ1) is 11.9. The van der Waals surface area contributed by atoms with E-state index in [9.17, 15) is 13.6 Å². The summed E-state index contributed by atoms with van der Waals surface area (Å²) < 4.78 is 34.4. The molecule has 0 aliphatic rings. The van der Waals surface area contributed by atoms with Crippen LogP contribution in [0.25, 0.3) is 0 Å². The molecule has 0 bridgehead atoms. The Kier molecular flexibility index (Phi) is 5.90. The predicted molar refractivity (Wildman–Crippen MR) is 88.1 cm³/mol. The molecule has 0 aromatic heterocycles. The highest BCUT2D eigenvalue weighted by Gasteiger charge is 2.12. The lowest BCUT2D eigenvalue weighted by Gasteiger charge is -2.13. The summed E-state index contributed by atoms with van der Waals surface area (Å²) in [6.07, 6.45) is 0. The Hall–Kier alpha value is -3.14. The van der Waals surface area contributed by atoms with Crippen LogP contribution in [0.5, 0.6) is 11.5 Å². The summed E-state index contributed by atoms with van der Waals surface area (Å²) in [7, 11) is 1.36. The van der Waals surface area contributed by atoms with E-state index in [-0.39, 0.29) is 23.8 Å². The average Bonchev–Trinajstić information content (AvgIpc) is 2.59. The summed E-state index contributed by atoms with van der Waals surface area (Å²) in [5, 5.41) is 12.2. The van der Waals surface area contributed by atoms with Gasteiger partial charge >= 0.3 is 6.61 Å². The van der Waals surface area contributed by atoms with E-state index in [0.717, 1.165) is 0 Å². The SMILES string of the molecule is COc1ccc(CNc2cc(C(C)=O)ccc2C#N)cc1OC(F)F. The largest absolute Gasteiger partial charge is 0.493 e. The van der Waals surface area contributed by atoms with Crippen LogP contribution in [0.3, 0.4) is 0 Å². The Morgan fingerprint density at radius 1 is 1.24 bits per heavy atom. The van der Waals surface area contributed by atoms with Crippen molar-refractivity contribution in [2.75, 3.05) is 12.4 Å². The van der Waals surface area contributed by atoms with Crippen LogP contribution in [0, 0.1) is 11.3 Å². The molecule has 0 saturated carbocycles. The predicted octanol–water partition coefficient (Wildman–Crippen LogP) is 3.98. The monoisotopic (exact) mass is 346 g/mol. The van der Waals surface area contributed by atoms with Gasteiger partial charge in [0.15, 0.2) is 17.3 Å². The highest BCUT2D eigenvalue weighted by atomic mass is 19.3. The van der Waals surface area contributed by atoms with Crippen molar-refractivity contribution in [3.05, 3.63) is 53.1 Å². The van der Waals surface area contributed by atoms with Crippen molar-refractivity contribution in [1.29, 1.82) is 5.26 Å². The van der Waals surface area contributed by atoms with Gasteiger partial charge in [0, 0.05) is 12.1 Å². The van der Waals surface area contributed by atoms with Crippen LogP contribution in [-0.2, 0) is 6.54 Å². The van der Waals surface area contributed by atoms with Gasteiger partial charge in [-0.15, -0.1) is 0 Å². The van der Waals surface area contributed by atoms with Gasteiger partial charge in [0.1, 0.15) is 6.07 Å². The number of nitrogens with zero attached hydrogens (tertiary/aromatic N) is 1. The van der Waals surface area contributed by atoms with Crippen molar-refractivity contribution < 1.29 is 23.0 Å². The number of carbonyl (C=O) groups is 1. The lowest BCUT2D eigenvalue weighted by Crippen LogP contribution is -2.06. The third kappa shape index (κ3) is 4.67. The molecule has 2 aromatic carbocycles. The molecule has 1 N–H and O–H groups in total. The zero-order valence-electron chi connectivity index (χ0n) is 13.7. The molecule has 5 nitrogen and oxygen atoms in total. The van der Waals surface area contributed by atoms with Crippen LogP contribution < -0.4 is 14.8 Å². The van der Waals surface area contributed by atoms with Gasteiger partial charge in [0.25, 0.3) is 0 Å². The minimum atomic E-state index is -2.96. The molecule has 0 heterocycles. The van der Waals surface area contributed by atoms with E-state index in [1.54, 1.807) is 24.3 Å². The molecule has 0 spiro atoms. The Balaban J connectivity index is 2.22. The van der Waals surface area contributed by atoms with E-state index < -0.39 is 6.61 Å². The van der Waals surface area contributed by atoms with Gasteiger partial charge in [-0.05, 0) is 42.8 Å². The second kappa shape index (κ2) is 8.11. The second-order valence-corrected chi connectivity index (χ2v) is 5.15. The highest BCUT2D eigenvalue weighted by molar-refractivity contribution is 5.95. The van der Waals surface area contributed by atoms with Crippen LogP contribution in [-0.4, -0.2) is 19.5 Å². The fourth-order valence-corrected chi connectivity index (χ4v) is 2.22. The number of rotatable bonds is 7. The molecule has 0 aliphatic heterocycles. The first kappa shape index (κ1) is 18.2. The summed E-state index contributed by atoms with van der Waals surface area (Å²) in [6.45, 7) is -1.28. The molecule has 0 unspecified atom stereocenters. The third-order valence-corrected chi connectivity index (χ3v) is 3.47. The number of nitrogens with one attached hydrogen (secondary N) is 1. The number of halogens is 2. The molecule has 25 heavy (non-hydrogen) atoms. The number of carbonyl (C=O) groups excluding carboxylic acids is 1. The molecular formula is C18H16F2N2O3. The van der Waals surface area contributed by atoms with E-state index in [4.69, 9.17) is 10.00 Å². The number of anilines is 1. The molecule has 0 fully saturated rings. The lowest BCUT2D eigenvalue weighted by molar-refractivity contribution is -0.0512. The third-order valence-electron chi connectivity index (χ3n) is 3.47. The number of ether oxygens (including phenoxy) is 2. The zero-order chi connectivity index (χ0) is 18.4. The van der Waals surface area contributed by atoms with Crippen LogP contribution in [0.2, 0.25) is 0 Å². The maximum Gasteiger partial charge on any atom is 0.387 e. The number of ketones is 1. The summed E-state index contributed by atoms with van der Waals surface area (Å²) in [6, 6.07) is 11.4. The average molecular weight is 346 g/mol. The molecule has 0 saturated heterocycles. The van der Waals surface area contributed by atoms with Gasteiger partial charge in [0.2, 0.25) is 0 Å². The first-order valence-electron chi connectivity index (χ1n) is 7.35. The van der Waals surface area contributed by atoms with Crippen LogP contribution in [0.1, 0.15) is 28.4 Å². The van der Waals surface area contributed by atoms with Crippen molar-refractivity contribution >= 4 is 11.5 Å². The molecule has 2 aromatic rings. The lowest BCUT2D eigenvalue weighted by atomic mass is 10.1. The smallest absolute Gasteiger partial charge is 0.387 e. The van der Waals surface area contributed by atoms with E-state index in [1.165, 1.54) is 26.2 Å². The Labute approximate surface area is 143 Å². The molecular weight excluding hydrogens is 330 g/mol. The van der Waals surface area contributed by atoms with Crippen molar-refractivity contribution in [2.45, 2.75) is 20.1 Å². The van der Waals surface area contributed by atoms with Gasteiger partial charge in [0.05, 0.1) is 18.4 Å². The maximum absolute atomic E-state index is 12.5. The van der Waals surface area contributed by atoms with Crippen molar-refractivity contribution in [1.82, 2.24) is 0 Å². The van der Waals surface area contributed by atoms with Crippen molar-refractivity contribution in [2.24, 2.45) is 0 Å². The quantitative estimate of drug-likeness (QED) is 0.768. The number of hydrogen-bond donors (Lipinski definition) is 1. The molecule has 2 rings (SSSR count). The fourth-order valence-electron chi connectivity index (χ4n) is 2.22. The van der Waals surface area contributed by atoms with Crippen LogP contribution in [0.4, 0.5) is 14.5 Å². The number of methoxy groups -OCH3 is 1. The van der Waals surface area contributed by atoms with Crippen LogP contribution in [0.15, 0.2) is 36.4 Å². The molecule has 0 aliphatic carbocycles. The Bertz CT molecular complexity index is 816. The topological polar surface area (TPSA) is 71.3 Å². The zero-order valence-corrected chi connectivity index (χ0v) is 13.7. The minimum absolute atomic E-state index is 0.0743. The summed E-state index contributed by atoms with van der Waals surface area (Å²) in [5.74, 6) is -0.000240. The van der Waals surface area contributed by atoms with Crippen LogP contribution >= 0.6 is 0 Å². The Morgan fingerprint density at radius 3 is 2.60 bits per heavy atom. The van der Waals surface area contributed by atoms with Gasteiger partial charge in [-0.3, -0.25) is 4.79 Å². The Morgan fingerprint density at radius 2 is 2.00 bits per heavy atom. The number of Topliss-reactive ketones (excluding diaryl/α,β-unsaturated/α-hetero) is 1. The first-order valence-corrected chi connectivity index (χ1v) is 7.35. The number of alkyl halides is 2. The van der Waals surface area contributed by atoms with E-state index in [2.05, 4.69) is 10.1 Å². The minimum Gasteiger partial charge on any atom is -0.493 e. The maximum atomic E-state index is 12.5. The van der Waals surface area contributed by atoms with E-state index >= 15 is 0 Å². The number of hydrogen-bond acceptors (Lipinski definition) is 5. The van der Waals surface area contributed by atoms with Crippen molar-refractivity contribution in [3.63, 3.8) is 0 Å². The normalized spacial score (nSPS) is 10.2. The molecule has 0 amide bonds. The molecule has 130 valence electrons. The van der Waals surface area contributed by atoms with Gasteiger partial charge in [-0.1, -0.05) is 6.07 Å². The number of benzene rings is 2. The van der Waals surface area contributed by atoms with Gasteiger partial charge < -0.3 is 14.8 Å². The van der Waals surface area contributed by atoms with Crippen molar-refractivity contribution in [3.8, 4) is 17.6 Å². The second-order valence-electron chi connectivity index (χ2n) is 5.15. The molecule has 0 atom stereocenters. The molecule has 7 heteroatoms. The summed E-state index contributed by atoms with van der Waals surface area (Å²) in [4.78, 5) is 11.5. The van der Waals surface area contributed by atoms with E-state index in [0.29, 0.717) is 22.4 Å². The summed E-state index contributed by atoms with van der Waals surface area (Å²) in [5.41, 5.74) is 1.98. The number of nitriles is 1. The highest BCUT2D eigenvalue weighted by Crippen LogP contribution is 2.30. The summed E-state index contributed by atoms with van der Waals surface area (Å²) >= 11 is 0. The van der Waals surface area contributed by atoms with Gasteiger partial charge in [-0.2, -0.15) is 14.0 Å². The standard InChI is InChI=1S/C18H16F2N2O3/c1-11(23)13-4-5-14(9-21)15(8-13)22-10-12-3-6-16(24-2)17(7-12)25-18(19)20/h3-8,18,22H,10H2,1-2H3. The fraction of sp³-hybridized carbons (Fsp3) is 0.222. The van der Waals surface area contributed by atoms with Gasteiger partial charge in [-0.25, -0.2) is 0 Å².